The fraction of sp³-hybridized carbons (Fsp3) is 0.588. The summed E-state index contributed by atoms with van der Waals surface area (Å²) in [6, 6.07) is 8.64. The molecule has 1 aromatic carbocycles. The van der Waals surface area contributed by atoms with Crippen LogP contribution in [0.4, 0.5) is 0 Å². The first kappa shape index (κ1) is 15.0. The van der Waals surface area contributed by atoms with Gasteiger partial charge in [0.15, 0.2) is 0 Å². The Bertz CT molecular complexity index is 477. The second kappa shape index (κ2) is 7.44. The zero-order valence-corrected chi connectivity index (χ0v) is 13.0. The molecule has 3 nitrogen and oxygen atoms in total. The molecule has 0 aliphatic carbocycles. The van der Waals surface area contributed by atoms with E-state index >= 15 is 0 Å². The van der Waals surface area contributed by atoms with Crippen LogP contribution >= 0.6 is 0 Å². The zero-order chi connectivity index (χ0) is 14.4. The molecule has 1 unspecified atom stereocenters. The lowest BCUT2D eigenvalue weighted by molar-refractivity contribution is 0.198. The van der Waals surface area contributed by atoms with E-state index in [1.165, 1.54) is 25.7 Å². The summed E-state index contributed by atoms with van der Waals surface area (Å²) in [5.74, 6) is 1.10. The van der Waals surface area contributed by atoms with E-state index in [1.807, 2.05) is 6.07 Å². The lowest BCUT2D eigenvalue weighted by atomic mass is 10.2. The van der Waals surface area contributed by atoms with E-state index in [9.17, 15) is 0 Å². The predicted octanol–water partition coefficient (Wildman–Crippen LogP) is 4.53. The van der Waals surface area contributed by atoms with Crippen LogP contribution in [0, 0.1) is 0 Å². The Morgan fingerprint density at radius 3 is 2.35 bits per heavy atom. The first-order valence-corrected chi connectivity index (χ1v) is 7.95. The highest BCUT2D eigenvalue weighted by atomic mass is 15.2. The molecule has 0 saturated heterocycles. The van der Waals surface area contributed by atoms with E-state index in [1.54, 1.807) is 0 Å². The molecule has 0 radical (unpaired) electrons. The third-order valence-corrected chi connectivity index (χ3v) is 3.95. The van der Waals surface area contributed by atoms with E-state index in [-0.39, 0.29) is 0 Å². The Hall–Kier alpha value is -1.35. The van der Waals surface area contributed by atoms with Crippen molar-refractivity contribution in [2.75, 3.05) is 13.1 Å². The molecule has 20 heavy (non-hydrogen) atoms. The Balaban J connectivity index is 2.13. The van der Waals surface area contributed by atoms with Gasteiger partial charge in [-0.15, -0.1) is 0 Å². The molecule has 0 bridgehead atoms. The Labute approximate surface area is 122 Å². The minimum Gasteiger partial charge on any atom is -0.341 e. The van der Waals surface area contributed by atoms with Crippen LogP contribution in [-0.2, 0) is 0 Å². The summed E-state index contributed by atoms with van der Waals surface area (Å²) in [6.07, 6.45) is 5.01. The monoisotopic (exact) mass is 273 g/mol. The van der Waals surface area contributed by atoms with Crippen LogP contribution in [0.5, 0.6) is 0 Å². The van der Waals surface area contributed by atoms with Gasteiger partial charge >= 0.3 is 0 Å². The Morgan fingerprint density at radius 2 is 1.75 bits per heavy atom. The zero-order valence-electron chi connectivity index (χ0n) is 13.0. The van der Waals surface area contributed by atoms with Crippen molar-refractivity contribution >= 4 is 11.0 Å². The number of imidazole rings is 1. The van der Waals surface area contributed by atoms with Crippen molar-refractivity contribution in [3.63, 3.8) is 0 Å². The van der Waals surface area contributed by atoms with Gasteiger partial charge in [-0.25, -0.2) is 4.98 Å². The largest absolute Gasteiger partial charge is 0.341 e. The molecule has 0 spiro atoms. The highest BCUT2D eigenvalue weighted by Crippen LogP contribution is 2.21. The molecule has 0 saturated carbocycles. The SMILES string of the molecule is CCCCN(CCCC)C(C)c1nc2ccccc2[nH]1. The van der Waals surface area contributed by atoms with Gasteiger partial charge < -0.3 is 4.98 Å². The maximum Gasteiger partial charge on any atom is 0.124 e. The topological polar surface area (TPSA) is 31.9 Å². The van der Waals surface area contributed by atoms with Crippen molar-refractivity contribution in [1.82, 2.24) is 14.9 Å². The number of hydrogen-bond acceptors (Lipinski definition) is 2. The number of benzene rings is 1. The first-order valence-electron chi connectivity index (χ1n) is 7.95. The fourth-order valence-electron chi connectivity index (χ4n) is 2.56. The number of fused-ring (bicyclic) bond motifs is 1. The minimum atomic E-state index is 0.362. The number of H-pyrrole nitrogens is 1. The summed E-state index contributed by atoms with van der Waals surface area (Å²) in [7, 11) is 0. The van der Waals surface area contributed by atoms with Gasteiger partial charge in [0.25, 0.3) is 0 Å². The highest BCUT2D eigenvalue weighted by Gasteiger charge is 2.18. The average Bonchev–Trinajstić information content (AvgIpc) is 2.90. The van der Waals surface area contributed by atoms with Crippen LogP contribution in [-0.4, -0.2) is 28.0 Å². The molecule has 0 aliphatic rings. The lowest BCUT2D eigenvalue weighted by Crippen LogP contribution is -2.29. The van der Waals surface area contributed by atoms with Crippen molar-refractivity contribution in [2.24, 2.45) is 0 Å². The standard InChI is InChI=1S/C17H27N3/c1-4-6-12-20(13-7-5-2)14(3)17-18-15-10-8-9-11-16(15)19-17/h8-11,14H,4-7,12-13H2,1-3H3,(H,18,19). The van der Waals surface area contributed by atoms with Gasteiger partial charge in [0.05, 0.1) is 17.1 Å². The molecular weight excluding hydrogens is 246 g/mol. The predicted molar refractivity (Wildman–Crippen MR) is 85.9 cm³/mol. The van der Waals surface area contributed by atoms with Crippen LogP contribution in [0.2, 0.25) is 0 Å². The van der Waals surface area contributed by atoms with E-state index in [0.29, 0.717) is 6.04 Å². The lowest BCUT2D eigenvalue weighted by Gasteiger charge is -2.27. The fourth-order valence-corrected chi connectivity index (χ4v) is 2.56. The number of rotatable bonds is 8. The van der Waals surface area contributed by atoms with Crippen LogP contribution in [0.15, 0.2) is 24.3 Å². The number of hydrogen-bond donors (Lipinski definition) is 1. The van der Waals surface area contributed by atoms with Crippen molar-refractivity contribution in [3.8, 4) is 0 Å². The smallest absolute Gasteiger partial charge is 0.124 e. The van der Waals surface area contributed by atoms with Crippen LogP contribution < -0.4 is 0 Å². The van der Waals surface area contributed by atoms with Crippen molar-refractivity contribution in [2.45, 2.75) is 52.5 Å². The van der Waals surface area contributed by atoms with E-state index in [2.05, 4.69) is 48.9 Å². The van der Waals surface area contributed by atoms with Crippen molar-refractivity contribution in [1.29, 1.82) is 0 Å². The molecule has 2 rings (SSSR count). The average molecular weight is 273 g/mol. The quantitative estimate of drug-likeness (QED) is 0.766. The number of aromatic amines is 1. The summed E-state index contributed by atoms with van der Waals surface area (Å²) in [5, 5.41) is 0. The molecule has 2 aromatic rings. The number of unbranched alkanes of at least 4 members (excludes halogenated alkanes) is 2. The molecule has 0 fully saturated rings. The third-order valence-electron chi connectivity index (χ3n) is 3.95. The molecular formula is C17H27N3. The van der Waals surface area contributed by atoms with Gasteiger partial charge in [0.2, 0.25) is 0 Å². The molecule has 3 heteroatoms. The highest BCUT2D eigenvalue weighted by molar-refractivity contribution is 5.74. The van der Waals surface area contributed by atoms with Crippen molar-refractivity contribution in [3.05, 3.63) is 30.1 Å². The third kappa shape index (κ3) is 3.60. The van der Waals surface area contributed by atoms with E-state index < -0.39 is 0 Å². The van der Waals surface area contributed by atoms with Crippen LogP contribution in [0.3, 0.4) is 0 Å². The van der Waals surface area contributed by atoms with E-state index in [4.69, 9.17) is 4.98 Å². The molecule has 1 heterocycles. The molecule has 1 aromatic heterocycles. The van der Waals surface area contributed by atoms with Gasteiger partial charge in [0, 0.05) is 0 Å². The normalized spacial score (nSPS) is 13.2. The summed E-state index contributed by atoms with van der Waals surface area (Å²) in [4.78, 5) is 10.8. The second-order valence-electron chi connectivity index (χ2n) is 5.56. The van der Waals surface area contributed by atoms with Crippen molar-refractivity contribution < 1.29 is 0 Å². The molecule has 1 atom stereocenters. The van der Waals surface area contributed by atoms with E-state index in [0.717, 1.165) is 29.9 Å². The molecule has 1 N–H and O–H groups in total. The second-order valence-corrected chi connectivity index (χ2v) is 5.56. The van der Waals surface area contributed by atoms with Gasteiger partial charge in [-0.05, 0) is 45.0 Å². The summed E-state index contributed by atoms with van der Waals surface area (Å²) < 4.78 is 0. The molecule has 0 aliphatic heterocycles. The first-order chi connectivity index (χ1) is 9.76. The maximum absolute atomic E-state index is 4.75. The summed E-state index contributed by atoms with van der Waals surface area (Å²) >= 11 is 0. The number of nitrogens with zero attached hydrogens (tertiary/aromatic N) is 2. The number of aromatic nitrogens is 2. The van der Waals surface area contributed by atoms with Gasteiger partial charge in [-0.1, -0.05) is 38.8 Å². The Kier molecular flexibility index (Phi) is 5.60. The maximum atomic E-state index is 4.75. The van der Waals surface area contributed by atoms with Crippen LogP contribution in [0.25, 0.3) is 11.0 Å². The van der Waals surface area contributed by atoms with Gasteiger partial charge in [-0.2, -0.15) is 0 Å². The summed E-state index contributed by atoms with van der Waals surface area (Å²) in [6.45, 7) is 9.10. The van der Waals surface area contributed by atoms with Crippen LogP contribution in [0.1, 0.15) is 58.3 Å². The molecule has 0 amide bonds. The molecule has 110 valence electrons. The Morgan fingerprint density at radius 1 is 1.10 bits per heavy atom. The van der Waals surface area contributed by atoms with Gasteiger partial charge in [0.1, 0.15) is 5.82 Å². The minimum absolute atomic E-state index is 0.362. The number of nitrogens with one attached hydrogen (secondary N) is 1. The number of para-hydroxylation sites is 2. The van der Waals surface area contributed by atoms with Gasteiger partial charge in [-0.3, -0.25) is 4.90 Å². The summed E-state index contributed by atoms with van der Waals surface area (Å²) in [5.41, 5.74) is 2.21.